The quantitative estimate of drug-likeness (QED) is 0.683. The highest BCUT2D eigenvalue weighted by molar-refractivity contribution is 7.99. The lowest BCUT2D eigenvalue weighted by molar-refractivity contribution is -0.153. The first-order valence-corrected chi connectivity index (χ1v) is 5.63. The van der Waals surface area contributed by atoms with Gasteiger partial charge in [0.1, 0.15) is 0 Å². The van der Waals surface area contributed by atoms with Crippen LogP contribution in [0.25, 0.3) is 0 Å². The van der Waals surface area contributed by atoms with Crippen LogP contribution in [-0.2, 0) is 9.53 Å². The van der Waals surface area contributed by atoms with Gasteiger partial charge in [-0.05, 0) is 25.5 Å². The smallest absolute Gasteiger partial charge is 0.311 e. The second-order valence-electron chi connectivity index (χ2n) is 3.50. The monoisotopic (exact) mass is 204 g/mol. The summed E-state index contributed by atoms with van der Waals surface area (Å²) in [7, 11) is 1.36. The Hall–Kier alpha value is -0.220. The van der Waals surface area contributed by atoms with E-state index in [1.807, 2.05) is 0 Å². The zero-order chi connectivity index (χ0) is 9.90. The summed E-state index contributed by atoms with van der Waals surface area (Å²) in [6, 6.07) is 0. The van der Waals surface area contributed by atoms with Gasteiger partial charge in [0.25, 0.3) is 0 Å². The molecule has 0 bridgehead atoms. The summed E-state index contributed by atoms with van der Waals surface area (Å²) < 4.78 is 4.62. The molecular weight excluding hydrogens is 188 g/mol. The summed E-state index contributed by atoms with van der Waals surface area (Å²) in [5.41, 5.74) is -0.851. The maximum atomic E-state index is 11.2. The highest BCUT2D eigenvalue weighted by Gasteiger charge is 2.40. The molecule has 1 fully saturated rings. The highest BCUT2D eigenvalue weighted by atomic mass is 32.2. The number of rotatable bonds is 2. The molecule has 4 heteroatoms. The number of methoxy groups -OCH3 is 1. The van der Waals surface area contributed by atoms with E-state index < -0.39 is 11.5 Å². The Morgan fingerprint density at radius 2 is 2.38 bits per heavy atom. The molecule has 2 atom stereocenters. The van der Waals surface area contributed by atoms with E-state index in [9.17, 15) is 9.90 Å². The van der Waals surface area contributed by atoms with Crippen molar-refractivity contribution in [1.82, 2.24) is 0 Å². The summed E-state index contributed by atoms with van der Waals surface area (Å²) in [5.74, 6) is 0.995. The zero-order valence-electron chi connectivity index (χ0n) is 8.08. The molecule has 76 valence electrons. The van der Waals surface area contributed by atoms with Gasteiger partial charge in [-0.2, -0.15) is 11.8 Å². The Labute approximate surface area is 82.8 Å². The molecule has 1 rings (SSSR count). The third kappa shape index (κ3) is 2.38. The number of carbonyl (C=O) groups excluding carboxylic acids is 1. The summed E-state index contributed by atoms with van der Waals surface area (Å²) in [6.45, 7) is 1.73. The van der Waals surface area contributed by atoms with Gasteiger partial charge in [0.05, 0.1) is 18.6 Å². The van der Waals surface area contributed by atoms with Crippen molar-refractivity contribution < 1.29 is 14.6 Å². The van der Waals surface area contributed by atoms with Crippen LogP contribution in [0.5, 0.6) is 0 Å². The van der Waals surface area contributed by atoms with E-state index in [1.54, 1.807) is 18.7 Å². The summed E-state index contributed by atoms with van der Waals surface area (Å²) in [4.78, 5) is 11.2. The fourth-order valence-corrected chi connectivity index (χ4v) is 2.78. The maximum absolute atomic E-state index is 11.2. The van der Waals surface area contributed by atoms with Crippen molar-refractivity contribution in [3.05, 3.63) is 0 Å². The number of ether oxygens (including phenoxy) is 1. The van der Waals surface area contributed by atoms with Gasteiger partial charge in [-0.1, -0.05) is 0 Å². The van der Waals surface area contributed by atoms with Crippen molar-refractivity contribution in [3.8, 4) is 0 Å². The predicted molar refractivity (Wildman–Crippen MR) is 52.7 cm³/mol. The number of esters is 1. The van der Waals surface area contributed by atoms with Crippen LogP contribution in [0.2, 0.25) is 0 Å². The van der Waals surface area contributed by atoms with Crippen LogP contribution < -0.4 is 0 Å². The van der Waals surface area contributed by atoms with E-state index in [-0.39, 0.29) is 5.97 Å². The number of aliphatic hydroxyl groups is 1. The predicted octanol–water partition coefficient (Wildman–Crippen LogP) is 1.05. The van der Waals surface area contributed by atoms with Crippen molar-refractivity contribution >= 4 is 17.7 Å². The first-order valence-electron chi connectivity index (χ1n) is 4.48. The third-order valence-electron chi connectivity index (χ3n) is 2.61. The lowest BCUT2D eigenvalue weighted by atomic mass is 9.86. The Bertz CT molecular complexity index is 187. The second-order valence-corrected chi connectivity index (χ2v) is 4.61. The van der Waals surface area contributed by atoms with Gasteiger partial charge in [0.2, 0.25) is 0 Å². The number of hydrogen-bond donors (Lipinski definition) is 1. The Balaban J connectivity index is 2.61. The Kier molecular flexibility index (Phi) is 3.62. The van der Waals surface area contributed by atoms with Crippen LogP contribution in [0.1, 0.15) is 19.8 Å². The van der Waals surface area contributed by atoms with Crippen LogP contribution >= 0.6 is 11.8 Å². The summed E-state index contributed by atoms with van der Waals surface area (Å²) in [6.07, 6.45) is 1.68. The molecule has 0 spiro atoms. The topological polar surface area (TPSA) is 46.5 Å². The van der Waals surface area contributed by atoms with Crippen molar-refractivity contribution in [3.63, 3.8) is 0 Å². The zero-order valence-corrected chi connectivity index (χ0v) is 8.89. The molecule has 1 N–H and O–H groups in total. The molecule has 1 aliphatic rings. The normalized spacial score (nSPS) is 31.0. The summed E-state index contributed by atoms with van der Waals surface area (Å²) in [5, 5.41) is 10.1. The van der Waals surface area contributed by atoms with Gasteiger partial charge in [-0.25, -0.2) is 0 Å². The Morgan fingerprint density at radius 1 is 1.69 bits per heavy atom. The van der Waals surface area contributed by atoms with Gasteiger partial charge in [-0.15, -0.1) is 0 Å². The van der Waals surface area contributed by atoms with Gasteiger partial charge < -0.3 is 9.84 Å². The molecule has 13 heavy (non-hydrogen) atoms. The first kappa shape index (κ1) is 10.9. The maximum Gasteiger partial charge on any atom is 0.311 e. The van der Waals surface area contributed by atoms with Crippen molar-refractivity contribution in [1.29, 1.82) is 0 Å². The minimum atomic E-state index is -0.851. The van der Waals surface area contributed by atoms with Crippen molar-refractivity contribution in [2.45, 2.75) is 25.4 Å². The number of thioether (sulfide) groups is 1. The highest BCUT2D eigenvalue weighted by Crippen LogP contribution is 2.33. The van der Waals surface area contributed by atoms with E-state index >= 15 is 0 Å². The molecule has 0 aromatic carbocycles. The molecule has 0 aliphatic carbocycles. The molecule has 1 heterocycles. The average molecular weight is 204 g/mol. The molecule has 1 aliphatic heterocycles. The van der Waals surface area contributed by atoms with E-state index in [4.69, 9.17) is 0 Å². The fourth-order valence-electron chi connectivity index (χ4n) is 1.54. The molecule has 0 radical (unpaired) electrons. The van der Waals surface area contributed by atoms with Crippen molar-refractivity contribution in [2.24, 2.45) is 5.92 Å². The van der Waals surface area contributed by atoms with E-state index in [0.717, 1.165) is 12.2 Å². The largest absolute Gasteiger partial charge is 0.469 e. The first-order chi connectivity index (χ1) is 6.10. The molecule has 0 aromatic heterocycles. The lowest BCUT2D eigenvalue weighted by Gasteiger charge is -2.35. The molecular formula is C9H16O3S. The SMILES string of the molecule is COC(=O)C(C)C1(O)CCCSC1. The van der Waals surface area contributed by atoms with Gasteiger partial charge in [-0.3, -0.25) is 4.79 Å². The van der Waals surface area contributed by atoms with Crippen LogP contribution in [0.15, 0.2) is 0 Å². The average Bonchev–Trinajstić information content (AvgIpc) is 2.16. The van der Waals surface area contributed by atoms with Crippen LogP contribution in [-0.4, -0.2) is 35.3 Å². The van der Waals surface area contributed by atoms with Crippen LogP contribution in [0.4, 0.5) is 0 Å². The molecule has 0 saturated carbocycles. The number of carbonyl (C=O) groups is 1. The summed E-state index contributed by atoms with van der Waals surface area (Å²) >= 11 is 1.70. The molecule has 3 nitrogen and oxygen atoms in total. The van der Waals surface area contributed by atoms with Gasteiger partial charge >= 0.3 is 5.97 Å². The van der Waals surface area contributed by atoms with Gasteiger partial charge in [0.15, 0.2) is 0 Å². The van der Waals surface area contributed by atoms with E-state index in [0.29, 0.717) is 12.2 Å². The van der Waals surface area contributed by atoms with Gasteiger partial charge in [0, 0.05) is 5.75 Å². The minimum absolute atomic E-state index is 0.315. The second kappa shape index (κ2) is 4.33. The number of hydrogen-bond acceptors (Lipinski definition) is 4. The molecule has 0 aromatic rings. The minimum Gasteiger partial charge on any atom is -0.469 e. The third-order valence-corrected chi connectivity index (χ3v) is 3.89. The molecule has 2 unspecified atom stereocenters. The fraction of sp³-hybridized carbons (Fsp3) is 0.889. The molecule has 0 amide bonds. The van der Waals surface area contributed by atoms with Crippen LogP contribution in [0.3, 0.4) is 0 Å². The molecule has 1 saturated heterocycles. The lowest BCUT2D eigenvalue weighted by Crippen LogP contribution is -2.45. The van der Waals surface area contributed by atoms with Crippen LogP contribution in [0, 0.1) is 5.92 Å². The Morgan fingerprint density at radius 3 is 2.85 bits per heavy atom. The standard InChI is InChI=1S/C9H16O3S/c1-7(8(10)12-2)9(11)4-3-5-13-6-9/h7,11H,3-6H2,1-2H3. The van der Waals surface area contributed by atoms with E-state index in [1.165, 1.54) is 7.11 Å². The van der Waals surface area contributed by atoms with Crippen molar-refractivity contribution in [2.75, 3.05) is 18.6 Å². The van der Waals surface area contributed by atoms with E-state index in [2.05, 4.69) is 4.74 Å².